The summed E-state index contributed by atoms with van der Waals surface area (Å²) in [5, 5.41) is 10.7. The zero-order valence-corrected chi connectivity index (χ0v) is 23.7. The molecule has 3 aliphatic rings. The minimum absolute atomic E-state index is 0.315. The second kappa shape index (κ2) is 9.45. The van der Waals surface area contributed by atoms with Crippen molar-refractivity contribution < 1.29 is 4.79 Å². The average Bonchev–Trinajstić information content (AvgIpc) is 3.65. The van der Waals surface area contributed by atoms with Gasteiger partial charge in [0.15, 0.2) is 5.65 Å². The van der Waals surface area contributed by atoms with Crippen molar-refractivity contribution in [3.05, 3.63) is 34.9 Å². The van der Waals surface area contributed by atoms with E-state index in [1.165, 1.54) is 54.7 Å². The van der Waals surface area contributed by atoms with Gasteiger partial charge in [-0.3, -0.25) is 19.2 Å². The summed E-state index contributed by atoms with van der Waals surface area (Å²) in [6.45, 7) is 9.65. The first-order valence-corrected chi connectivity index (χ1v) is 14.2. The first-order valence-electron chi connectivity index (χ1n) is 14.2. The fourth-order valence-corrected chi connectivity index (χ4v) is 7.60. The van der Waals surface area contributed by atoms with Crippen LogP contribution in [0.2, 0.25) is 0 Å². The molecule has 6 rings (SSSR count). The van der Waals surface area contributed by atoms with E-state index in [1.807, 2.05) is 25.0 Å². The molecule has 3 aromatic heterocycles. The van der Waals surface area contributed by atoms with Crippen molar-refractivity contribution >= 4 is 23.0 Å². The van der Waals surface area contributed by atoms with Crippen molar-refractivity contribution in [3.8, 4) is 0 Å². The number of pyridine rings is 1. The molecule has 0 aromatic carbocycles. The van der Waals surface area contributed by atoms with Crippen LogP contribution in [-0.2, 0) is 31.4 Å². The Kier molecular flexibility index (Phi) is 6.34. The van der Waals surface area contributed by atoms with Crippen molar-refractivity contribution in [1.29, 1.82) is 0 Å². The second-order valence-electron chi connectivity index (χ2n) is 12.4. The zero-order chi connectivity index (χ0) is 26.7. The van der Waals surface area contributed by atoms with Gasteiger partial charge < -0.3 is 9.69 Å². The van der Waals surface area contributed by atoms with Gasteiger partial charge in [-0.25, -0.2) is 4.98 Å². The second-order valence-corrected chi connectivity index (χ2v) is 12.4. The summed E-state index contributed by atoms with van der Waals surface area (Å²) in [5.41, 5.74) is 7.89. The summed E-state index contributed by atoms with van der Waals surface area (Å²) < 4.78 is 4.26. The molecular weight excluding hydrogens is 476 g/mol. The molecule has 0 atom stereocenters. The lowest BCUT2D eigenvalue weighted by Crippen LogP contribution is -2.46. The van der Waals surface area contributed by atoms with Crippen LogP contribution in [0, 0.1) is 19.3 Å². The smallest absolute Gasteiger partial charge is 0.159 e. The Hall–Kier alpha value is -2.78. The molecule has 0 radical (unpaired) electrons. The number of hydrogen-bond donors (Lipinski definition) is 0. The molecule has 3 aromatic rings. The standard InChI is InChI=1S/C29H42N8O/c1-21-16-26(23-17-30-35(5)27(23)31-21)36-11-6-25-24(18-36)22(2)32-37(25)20-28-7-9-29(19-28,10-8-28)34(4)13-12-33(3)14-15-38/h15-17H,6-14,18-20H2,1-5H3. The van der Waals surface area contributed by atoms with Crippen LogP contribution in [0.3, 0.4) is 0 Å². The number of aryl methyl sites for hydroxylation is 3. The molecule has 0 unspecified atom stereocenters. The fourth-order valence-electron chi connectivity index (χ4n) is 7.60. The molecule has 2 saturated carbocycles. The van der Waals surface area contributed by atoms with Crippen molar-refractivity contribution in [2.45, 2.75) is 71.0 Å². The molecule has 0 spiro atoms. The summed E-state index contributed by atoms with van der Waals surface area (Å²) in [6.07, 6.45) is 10.4. The predicted octanol–water partition coefficient (Wildman–Crippen LogP) is 3.11. The molecule has 2 bridgehead atoms. The minimum Gasteiger partial charge on any atom is -0.366 e. The van der Waals surface area contributed by atoms with Crippen molar-refractivity contribution in [1.82, 2.24) is 34.3 Å². The van der Waals surface area contributed by atoms with Crippen LogP contribution in [0.1, 0.15) is 54.7 Å². The number of rotatable bonds is 9. The van der Waals surface area contributed by atoms with E-state index in [1.54, 1.807) is 0 Å². The van der Waals surface area contributed by atoms with E-state index in [0.717, 1.165) is 62.2 Å². The molecule has 38 heavy (non-hydrogen) atoms. The Morgan fingerprint density at radius 2 is 1.92 bits per heavy atom. The number of hydrogen-bond acceptors (Lipinski definition) is 7. The third-order valence-electron chi connectivity index (χ3n) is 9.93. The minimum atomic E-state index is 0.315. The normalized spacial score (nSPS) is 24.8. The SMILES string of the molecule is Cc1cc(N2CCc3c(c(C)nn3CC34CCC(N(C)CCN(C)CC=O)(CC3)C4)C2)c2cnn(C)c2n1. The highest BCUT2D eigenvalue weighted by Gasteiger charge is 2.56. The van der Waals surface area contributed by atoms with Crippen LogP contribution in [0.5, 0.6) is 0 Å². The van der Waals surface area contributed by atoms with E-state index in [9.17, 15) is 4.79 Å². The lowest BCUT2D eigenvalue weighted by molar-refractivity contribution is -0.108. The first-order chi connectivity index (χ1) is 18.2. The van der Waals surface area contributed by atoms with E-state index < -0.39 is 0 Å². The number of aldehydes is 1. The number of carbonyl (C=O) groups excluding carboxylic acids is 1. The van der Waals surface area contributed by atoms with Gasteiger partial charge in [-0.05, 0) is 71.5 Å². The Morgan fingerprint density at radius 3 is 2.68 bits per heavy atom. The van der Waals surface area contributed by atoms with Gasteiger partial charge in [0.1, 0.15) is 6.29 Å². The summed E-state index contributed by atoms with van der Waals surface area (Å²) in [7, 11) is 6.29. The summed E-state index contributed by atoms with van der Waals surface area (Å²) >= 11 is 0. The van der Waals surface area contributed by atoms with Crippen LogP contribution in [0.4, 0.5) is 5.69 Å². The van der Waals surface area contributed by atoms with Gasteiger partial charge in [-0.1, -0.05) is 0 Å². The summed E-state index contributed by atoms with van der Waals surface area (Å²) in [4.78, 5) is 22.8. The quantitative estimate of drug-likeness (QED) is 0.403. The molecule has 2 fully saturated rings. The van der Waals surface area contributed by atoms with E-state index in [4.69, 9.17) is 10.1 Å². The Bertz CT molecular complexity index is 1350. The molecule has 204 valence electrons. The zero-order valence-electron chi connectivity index (χ0n) is 23.7. The lowest BCUT2D eigenvalue weighted by Gasteiger charge is -2.38. The van der Waals surface area contributed by atoms with Gasteiger partial charge in [0.25, 0.3) is 0 Å². The topological polar surface area (TPSA) is 75.3 Å². The molecule has 0 amide bonds. The summed E-state index contributed by atoms with van der Waals surface area (Å²) in [5.74, 6) is 0. The maximum Gasteiger partial charge on any atom is 0.159 e. The maximum absolute atomic E-state index is 10.8. The molecule has 0 saturated heterocycles. The monoisotopic (exact) mass is 518 g/mol. The van der Waals surface area contributed by atoms with E-state index in [2.05, 4.69) is 51.4 Å². The van der Waals surface area contributed by atoms with Crippen molar-refractivity contribution in [2.75, 3.05) is 45.2 Å². The highest BCUT2D eigenvalue weighted by molar-refractivity contribution is 5.89. The highest BCUT2D eigenvalue weighted by Crippen LogP contribution is 2.59. The fraction of sp³-hybridized carbons (Fsp3) is 0.655. The van der Waals surface area contributed by atoms with Crippen LogP contribution < -0.4 is 4.90 Å². The van der Waals surface area contributed by atoms with Crippen LogP contribution in [-0.4, -0.2) is 86.4 Å². The molecule has 1 aliphatic heterocycles. The van der Waals surface area contributed by atoms with Gasteiger partial charge >= 0.3 is 0 Å². The highest BCUT2D eigenvalue weighted by atomic mass is 16.1. The van der Waals surface area contributed by atoms with E-state index >= 15 is 0 Å². The number of carbonyl (C=O) groups is 1. The van der Waals surface area contributed by atoms with Crippen LogP contribution >= 0.6 is 0 Å². The number of fused-ring (bicyclic) bond motifs is 4. The van der Waals surface area contributed by atoms with E-state index in [-0.39, 0.29) is 0 Å². The number of nitrogens with zero attached hydrogens (tertiary/aromatic N) is 8. The van der Waals surface area contributed by atoms with Gasteiger partial charge in [-0.2, -0.15) is 10.2 Å². The van der Waals surface area contributed by atoms with Crippen LogP contribution in [0.25, 0.3) is 11.0 Å². The number of anilines is 1. The van der Waals surface area contributed by atoms with Gasteiger partial charge in [-0.15, -0.1) is 0 Å². The Balaban J connectivity index is 1.18. The van der Waals surface area contributed by atoms with E-state index in [0.29, 0.717) is 17.5 Å². The molecular formula is C29H42N8O. The Morgan fingerprint density at radius 1 is 1.13 bits per heavy atom. The molecule has 0 N–H and O–H groups in total. The van der Waals surface area contributed by atoms with Crippen LogP contribution in [0.15, 0.2) is 12.3 Å². The first kappa shape index (κ1) is 25.5. The molecule has 9 heteroatoms. The average molecular weight is 519 g/mol. The van der Waals surface area contributed by atoms with Crippen molar-refractivity contribution in [3.63, 3.8) is 0 Å². The molecule has 2 aliphatic carbocycles. The number of aromatic nitrogens is 5. The van der Waals surface area contributed by atoms with Gasteiger partial charge in [0.05, 0.1) is 29.5 Å². The summed E-state index contributed by atoms with van der Waals surface area (Å²) in [6, 6.07) is 2.21. The van der Waals surface area contributed by atoms with Crippen molar-refractivity contribution in [2.24, 2.45) is 12.5 Å². The molecule has 9 nitrogen and oxygen atoms in total. The molecule has 4 heterocycles. The third kappa shape index (κ3) is 4.24. The predicted molar refractivity (Wildman–Crippen MR) is 149 cm³/mol. The Labute approximate surface area is 225 Å². The van der Waals surface area contributed by atoms with Gasteiger partial charge in [0, 0.05) is 68.7 Å². The number of likely N-dealkylation sites (N-methyl/N-ethyl adjacent to an activating group) is 2. The van der Waals surface area contributed by atoms with Gasteiger partial charge in [0.2, 0.25) is 0 Å². The third-order valence-corrected chi connectivity index (χ3v) is 9.93. The lowest BCUT2D eigenvalue weighted by atomic mass is 9.83. The maximum atomic E-state index is 10.8. The largest absolute Gasteiger partial charge is 0.366 e.